The van der Waals surface area contributed by atoms with E-state index < -0.39 is 0 Å². The van der Waals surface area contributed by atoms with Crippen molar-refractivity contribution in [2.75, 3.05) is 5.33 Å². The molecule has 0 fully saturated rings. The van der Waals surface area contributed by atoms with E-state index in [9.17, 15) is 5.11 Å². The fourth-order valence-corrected chi connectivity index (χ4v) is 2.55. The van der Waals surface area contributed by atoms with Gasteiger partial charge in [-0.15, -0.1) is 0 Å². The van der Waals surface area contributed by atoms with Crippen LogP contribution in [0.15, 0.2) is 18.2 Å². The van der Waals surface area contributed by atoms with E-state index >= 15 is 0 Å². The average Bonchev–Trinajstić information content (AvgIpc) is 2.27. The summed E-state index contributed by atoms with van der Waals surface area (Å²) in [5.41, 5.74) is 3.96. The SMILES string of the molecule is OC(CBr)c1cccc2c1CCCC2. The van der Waals surface area contributed by atoms with E-state index in [2.05, 4.69) is 34.1 Å². The van der Waals surface area contributed by atoms with Crippen LogP contribution in [0.5, 0.6) is 0 Å². The minimum atomic E-state index is -0.344. The number of benzene rings is 1. The summed E-state index contributed by atoms with van der Waals surface area (Å²) >= 11 is 3.33. The number of fused-ring (bicyclic) bond motifs is 1. The Balaban J connectivity index is 2.39. The molecule has 0 bridgehead atoms. The van der Waals surface area contributed by atoms with Gasteiger partial charge in [-0.1, -0.05) is 34.1 Å². The van der Waals surface area contributed by atoms with Crippen molar-refractivity contribution in [1.82, 2.24) is 0 Å². The molecule has 1 aliphatic carbocycles. The average molecular weight is 255 g/mol. The maximum atomic E-state index is 9.84. The number of hydrogen-bond donors (Lipinski definition) is 1. The normalized spacial score (nSPS) is 17.6. The number of halogens is 1. The molecule has 1 nitrogen and oxygen atoms in total. The second-order valence-corrected chi connectivity index (χ2v) is 4.51. The third-order valence-corrected chi connectivity index (χ3v) is 3.55. The van der Waals surface area contributed by atoms with E-state index in [1.807, 2.05) is 0 Å². The molecule has 0 amide bonds. The fourth-order valence-electron chi connectivity index (χ4n) is 2.21. The van der Waals surface area contributed by atoms with E-state index in [1.165, 1.54) is 30.4 Å². The Bertz CT molecular complexity index is 322. The molecule has 1 atom stereocenters. The van der Waals surface area contributed by atoms with Crippen LogP contribution in [0.3, 0.4) is 0 Å². The molecule has 1 aromatic carbocycles. The molecule has 1 aliphatic rings. The van der Waals surface area contributed by atoms with Crippen molar-refractivity contribution < 1.29 is 5.11 Å². The number of rotatable bonds is 2. The van der Waals surface area contributed by atoms with Gasteiger partial charge in [-0.3, -0.25) is 0 Å². The van der Waals surface area contributed by atoms with Gasteiger partial charge < -0.3 is 5.11 Å². The molecule has 76 valence electrons. The Labute approximate surface area is 93.3 Å². The topological polar surface area (TPSA) is 20.2 Å². The van der Waals surface area contributed by atoms with Crippen LogP contribution in [0.2, 0.25) is 0 Å². The second-order valence-electron chi connectivity index (χ2n) is 3.86. The van der Waals surface area contributed by atoms with Gasteiger partial charge in [-0.25, -0.2) is 0 Å². The summed E-state index contributed by atoms with van der Waals surface area (Å²) in [6, 6.07) is 6.31. The summed E-state index contributed by atoms with van der Waals surface area (Å²) in [5.74, 6) is 0. The molecule has 14 heavy (non-hydrogen) atoms. The molecule has 0 radical (unpaired) electrons. The monoisotopic (exact) mass is 254 g/mol. The zero-order valence-corrected chi connectivity index (χ0v) is 9.76. The highest BCUT2D eigenvalue weighted by atomic mass is 79.9. The van der Waals surface area contributed by atoms with Gasteiger partial charge in [0.1, 0.15) is 0 Å². The summed E-state index contributed by atoms with van der Waals surface area (Å²) in [6.45, 7) is 0. The molecule has 2 rings (SSSR count). The van der Waals surface area contributed by atoms with Crippen LogP contribution in [0, 0.1) is 0 Å². The highest BCUT2D eigenvalue weighted by molar-refractivity contribution is 9.09. The molecule has 0 spiro atoms. The first kappa shape index (κ1) is 10.2. The molecule has 1 aromatic rings. The Morgan fingerprint density at radius 1 is 1.29 bits per heavy atom. The first-order chi connectivity index (χ1) is 6.83. The molecule has 1 unspecified atom stereocenters. The van der Waals surface area contributed by atoms with Gasteiger partial charge >= 0.3 is 0 Å². The molecule has 0 aromatic heterocycles. The first-order valence-corrected chi connectivity index (χ1v) is 6.29. The van der Waals surface area contributed by atoms with E-state index in [0.717, 1.165) is 12.0 Å². The van der Waals surface area contributed by atoms with Crippen LogP contribution in [0.4, 0.5) is 0 Å². The van der Waals surface area contributed by atoms with Gasteiger partial charge in [-0.05, 0) is 42.4 Å². The molecule has 1 N–H and O–H groups in total. The largest absolute Gasteiger partial charge is 0.388 e. The highest BCUT2D eigenvalue weighted by Crippen LogP contribution is 2.28. The summed E-state index contributed by atoms with van der Waals surface area (Å²) in [7, 11) is 0. The highest BCUT2D eigenvalue weighted by Gasteiger charge is 2.16. The number of hydrogen-bond acceptors (Lipinski definition) is 1. The van der Waals surface area contributed by atoms with Crippen molar-refractivity contribution >= 4 is 15.9 Å². The predicted molar refractivity (Wildman–Crippen MR) is 61.8 cm³/mol. The minimum Gasteiger partial charge on any atom is -0.388 e. The van der Waals surface area contributed by atoms with E-state index in [4.69, 9.17) is 0 Å². The zero-order valence-electron chi connectivity index (χ0n) is 8.17. The molecule has 0 heterocycles. The molecule has 0 aliphatic heterocycles. The Hall–Kier alpha value is -0.340. The van der Waals surface area contributed by atoms with Gasteiger partial charge in [0.2, 0.25) is 0 Å². The van der Waals surface area contributed by atoms with Crippen molar-refractivity contribution in [1.29, 1.82) is 0 Å². The maximum absolute atomic E-state index is 9.84. The van der Waals surface area contributed by atoms with E-state index in [0.29, 0.717) is 5.33 Å². The molecular weight excluding hydrogens is 240 g/mol. The van der Waals surface area contributed by atoms with Gasteiger partial charge in [0.15, 0.2) is 0 Å². The van der Waals surface area contributed by atoms with E-state index in [1.54, 1.807) is 0 Å². The van der Waals surface area contributed by atoms with Crippen LogP contribution in [-0.4, -0.2) is 10.4 Å². The van der Waals surface area contributed by atoms with E-state index in [-0.39, 0.29) is 6.10 Å². The van der Waals surface area contributed by atoms with Crippen LogP contribution in [0.25, 0.3) is 0 Å². The lowest BCUT2D eigenvalue weighted by molar-refractivity contribution is 0.204. The number of aliphatic hydroxyl groups excluding tert-OH is 1. The van der Waals surface area contributed by atoms with Crippen LogP contribution in [0.1, 0.15) is 35.6 Å². The lowest BCUT2D eigenvalue weighted by Crippen LogP contribution is -2.10. The van der Waals surface area contributed by atoms with Crippen molar-refractivity contribution in [3.63, 3.8) is 0 Å². The van der Waals surface area contributed by atoms with Crippen LogP contribution >= 0.6 is 15.9 Å². The number of aliphatic hydroxyl groups is 1. The lowest BCUT2D eigenvalue weighted by Gasteiger charge is -2.21. The zero-order chi connectivity index (χ0) is 9.97. The molecule has 0 saturated heterocycles. The van der Waals surface area contributed by atoms with Crippen LogP contribution in [-0.2, 0) is 12.8 Å². The summed E-state index contributed by atoms with van der Waals surface area (Å²) in [6.07, 6.45) is 4.52. The summed E-state index contributed by atoms with van der Waals surface area (Å²) < 4.78 is 0. The molecular formula is C12H15BrO. The third kappa shape index (κ3) is 1.86. The smallest absolute Gasteiger partial charge is 0.0889 e. The number of alkyl halides is 1. The lowest BCUT2D eigenvalue weighted by atomic mass is 9.87. The standard InChI is InChI=1S/C12H15BrO/c13-8-12(14)11-7-3-5-9-4-1-2-6-10(9)11/h3,5,7,12,14H,1-2,4,6,8H2. The summed E-state index contributed by atoms with van der Waals surface area (Å²) in [4.78, 5) is 0. The Morgan fingerprint density at radius 3 is 2.86 bits per heavy atom. The van der Waals surface area contributed by atoms with Crippen molar-refractivity contribution in [2.45, 2.75) is 31.8 Å². The Kier molecular flexibility index (Phi) is 3.24. The minimum absolute atomic E-state index is 0.344. The van der Waals surface area contributed by atoms with Gasteiger partial charge in [0.05, 0.1) is 6.10 Å². The molecule has 2 heteroatoms. The van der Waals surface area contributed by atoms with Crippen molar-refractivity contribution in [2.24, 2.45) is 0 Å². The fraction of sp³-hybridized carbons (Fsp3) is 0.500. The second kappa shape index (κ2) is 4.45. The van der Waals surface area contributed by atoms with Crippen molar-refractivity contribution in [3.8, 4) is 0 Å². The third-order valence-electron chi connectivity index (χ3n) is 2.94. The number of aryl methyl sites for hydroxylation is 1. The maximum Gasteiger partial charge on any atom is 0.0889 e. The predicted octanol–water partition coefficient (Wildman–Crippen LogP) is 2.99. The van der Waals surface area contributed by atoms with Gasteiger partial charge in [-0.2, -0.15) is 0 Å². The Morgan fingerprint density at radius 2 is 2.07 bits per heavy atom. The molecule has 0 saturated carbocycles. The first-order valence-electron chi connectivity index (χ1n) is 5.17. The van der Waals surface area contributed by atoms with Crippen LogP contribution < -0.4 is 0 Å². The van der Waals surface area contributed by atoms with Gasteiger partial charge in [0.25, 0.3) is 0 Å². The van der Waals surface area contributed by atoms with Crippen molar-refractivity contribution in [3.05, 3.63) is 34.9 Å². The quantitative estimate of drug-likeness (QED) is 0.805. The summed E-state index contributed by atoms with van der Waals surface area (Å²) in [5, 5.41) is 10.5. The van der Waals surface area contributed by atoms with Gasteiger partial charge in [0, 0.05) is 5.33 Å².